The molecule has 1 aromatic heterocycles. The van der Waals surface area contributed by atoms with E-state index in [1.54, 1.807) is 6.07 Å². The highest BCUT2D eigenvalue weighted by Gasteiger charge is 2.06. The molecule has 0 saturated carbocycles. The van der Waals surface area contributed by atoms with Crippen LogP contribution in [0.2, 0.25) is 0 Å². The molecule has 5 heteroatoms. The molecule has 3 N–H and O–H groups in total. The minimum atomic E-state index is 0.0315. The normalized spacial score (nSPS) is 11.5. The average Bonchev–Trinajstić information content (AvgIpc) is 2.30. The van der Waals surface area contributed by atoms with Gasteiger partial charge in [0.25, 0.3) is 0 Å². The van der Waals surface area contributed by atoms with Gasteiger partial charge in [-0.3, -0.25) is 0 Å². The van der Waals surface area contributed by atoms with Gasteiger partial charge in [0.05, 0.1) is 0 Å². The maximum absolute atomic E-state index is 8.54. The van der Waals surface area contributed by atoms with E-state index in [1.165, 1.54) is 0 Å². The molecule has 0 fully saturated rings. The predicted molar refractivity (Wildman–Crippen MR) is 60.3 cm³/mol. The van der Waals surface area contributed by atoms with Crippen molar-refractivity contribution in [3.05, 3.63) is 23.9 Å². The van der Waals surface area contributed by atoms with Gasteiger partial charge in [-0.15, -0.1) is 0 Å². The Bertz CT molecular complexity index is 347. The molecule has 0 radical (unpaired) electrons. The van der Waals surface area contributed by atoms with Gasteiger partial charge in [0.1, 0.15) is 11.5 Å². The molecule has 0 aliphatic rings. The van der Waals surface area contributed by atoms with Gasteiger partial charge in [-0.2, -0.15) is 0 Å². The minimum absolute atomic E-state index is 0.0315. The average molecular weight is 208 g/mol. The molecule has 1 rings (SSSR count). The monoisotopic (exact) mass is 208 g/mol. The van der Waals surface area contributed by atoms with E-state index in [0.717, 1.165) is 18.9 Å². The number of nitrogens with two attached hydrogens (primary N) is 1. The molecule has 0 atom stereocenters. The number of hydrogen-bond donors (Lipinski definition) is 2. The fraction of sp³-hybridized carbons (Fsp3) is 0.400. The zero-order chi connectivity index (χ0) is 11.3. The summed E-state index contributed by atoms with van der Waals surface area (Å²) < 4.78 is 0. The van der Waals surface area contributed by atoms with Gasteiger partial charge in [-0.25, -0.2) is 4.98 Å². The lowest BCUT2D eigenvalue weighted by Gasteiger charge is -2.19. The van der Waals surface area contributed by atoms with Crippen molar-refractivity contribution in [3.8, 4) is 0 Å². The van der Waals surface area contributed by atoms with E-state index in [2.05, 4.69) is 28.9 Å². The number of hydrogen-bond acceptors (Lipinski definition) is 4. The Morgan fingerprint density at radius 2 is 2.13 bits per heavy atom. The van der Waals surface area contributed by atoms with E-state index in [4.69, 9.17) is 10.9 Å². The first-order valence-corrected chi connectivity index (χ1v) is 4.92. The molecule has 1 heterocycles. The Balaban J connectivity index is 3.01. The highest BCUT2D eigenvalue weighted by molar-refractivity contribution is 5.95. The first kappa shape index (κ1) is 11.3. The maximum Gasteiger partial charge on any atom is 0.188 e. The number of rotatable bonds is 4. The molecule has 0 unspecified atom stereocenters. The third-order valence-corrected chi connectivity index (χ3v) is 2.19. The summed E-state index contributed by atoms with van der Waals surface area (Å²) in [6, 6.07) is 5.46. The third kappa shape index (κ3) is 2.59. The first-order valence-electron chi connectivity index (χ1n) is 4.92. The minimum Gasteiger partial charge on any atom is -0.409 e. The summed E-state index contributed by atoms with van der Waals surface area (Å²) in [5, 5.41) is 11.5. The van der Waals surface area contributed by atoms with Crippen molar-refractivity contribution in [3.63, 3.8) is 0 Å². The molecule has 0 spiro atoms. The second-order valence-electron chi connectivity index (χ2n) is 3.04. The van der Waals surface area contributed by atoms with Crippen LogP contribution >= 0.6 is 0 Å². The Morgan fingerprint density at radius 3 is 2.67 bits per heavy atom. The molecular weight excluding hydrogens is 192 g/mol. The number of amidine groups is 1. The van der Waals surface area contributed by atoms with Crippen LogP contribution in [-0.4, -0.2) is 29.1 Å². The Kier molecular flexibility index (Phi) is 3.91. The second kappa shape index (κ2) is 5.19. The van der Waals surface area contributed by atoms with Crippen LogP contribution in [0, 0.1) is 0 Å². The van der Waals surface area contributed by atoms with Crippen molar-refractivity contribution in [2.24, 2.45) is 10.9 Å². The van der Waals surface area contributed by atoms with Crippen LogP contribution in [-0.2, 0) is 0 Å². The molecule has 5 nitrogen and oxygen atoms in total. The largest absolute Gasteiger partial charge is 0.409 e. The van der Waals surface area contributed by atoms with Crippen LogP contribution in [0.4, 0.5) is 5.82 Å². The zero-order valence-corrected chi connectivity index (χ0v) is 9.01. The molecule has 1 aromatic rings. The third-order valence-electron chi connectivity index (χ3n) is 2.19. The van der Waals surface area contributed by atoms with Gasteiger partial charge in [0.2, 0.25) is 0 Å². The quantitative estimate of drug-likeness (QED) is 0.335. The number of nitrogens with zero attached hydrogens (tertiary/aromatic N) is 3. The van der Waals surface area contributed by atoms with Crippen LogP contribution in [0.1, 0.15) is 19.5 Å². The Labute approximate surface area is 89.2 Å². The molecule has 0 bridgehead atoms. The SMILES string of the molecule is CCN(CC)c1cccc(C(N)=NO)n1. The van der Waals surface area contributed by atoms with Crippen molar-refractivity contribution in [2.75, 3.05) is 18.0 Å². The summed E-state index contributed by atoms with van der Waals surface area (Å²) >= 11 is 0. The van der Waals surface area contributed by atoms with E-state index < -0.39 is 0 Å². The molecule has 0 amide bonds. The van der Waals surface area contributed by atoms with Crippen molar-refractivity contribution in [1.29, 1.82) is 0 Å². The lowest BCUT2D eigenvalue weighted by Crippen LogP contribution is -2.24. The Hall–Kier alpha value is -1.78. The van der Waals surface area contributed by atoms with Crippen LogP contribution in [0.3, 0.4) is 0 Å². The fourth-order valence-corrected chi connectivity index (χ4v) is 1.34. The molecule has 0 aliphatic heterocycles. The number of aromatic nitrogens is 1. The molecular formula is C10H16N4O. The van der Waals surface area contributed by atoms with Crippen molar-refractivity contribution in [1.82, 2.24) is 4.98 Å². The van der Waals surface area contributed by atoms with Gasteiger partial charge in [-0.05, 0) is 26.0 Å². The van der Waals surface area contributed by atoms with Crippen LogP contribution < -0.4 is 10.6 Å². The van der Waals surface area contributed by atoms with E-state index >= 15 is 0 Å². The standard InChI is InChI=1S/C10H16N4O/c1-3-14(4-2)9-7-5-6-8(12-9)10(11)13-15/h5-7,15H,3-4H2,1-2H3,(H2,11,13). The van der Waals surface area contributed by atoms with Gasteiger partial charge < -0.3 is 15.8 Å². The van der Waals surface area contributed by atoms with Crippen molar-refractivity contribution in [2.45, 2.75) is 13.8 Å². The molecule has 82 valence electrons. The smallest absolute Gasteiger partial charge is 0.188 e. The summed E-state index contributed by atoms with van der Waals surface area (Å²) in [6.07, 6.45) is 0. The first-order chi connectivity index (χ1) is 7.22. The van der Waals surface area contributed by atoms with E-state index in [0.29, 0.717) is 5.69 Å². The zero-order valence-electron chi connectivity index (χ0n) is 9.01. The number of oxime groups is 1. The Morgan fingerprint density at radius 1 is 1.47 bits per heavy atom. The topological polar surface area (TPSA) is 74.7 Å². The van der Waals surface area contributed by atoms with Crippen molar-refractivity contribution >= 4 is 11.7 Å². The fourth-order valence-electron chi connectivity index (χ4n) is 1.34. The summed E-state index contributed by atoms with van der Waals surface area (Å²) in [5.41, 5.74) is 5.95. The van der Waals surface area contributed by atoms with Crippen LogP contribution in [0.25, 0.3) is 0 Å². The van der Waals surface area contributed by atoms with E-state index in [1.807, 2.05) is 12.1 Å². The predicted octanol–water partition coefficient (Wildman–Crippen LogP) is 1.02. The van der Waals surface area contributed by atoms with E-state index in [9.17, 15) is 0 Å². The number of pyridine rings is 1. The molecule has 0 saturated heterocycles. The van der Waals surface area contributed by atoms with Gasteiger partial charge in [0, 0.05) is 13.1 Å². The highest BCUT2D eigenvalue weighted by atomic mass is 16.4. The summed E-state index contributed by atoms with van der Waals surface area (Å²) in [4.78, 5) is 6.39. The second-order valence-corrected chi connectivity index (χ2v) is 3.04. The highest BCUT2D eigenvalue weighted by Crippen LogP contribution is 2.10. The number of anilines is 1. The lowest BCUT2D eigenvalue weighted by molar-refractivity contribution is 0.318. The molecule has 15 heavy (non-hydrogen) atoms. The van der Waals surface area contributed by atoms with Gasteiger partial charge in [-0.1, -0.05) is 11.2 Å². The van der Waals surface area contributed by atoms with Gasteiger partial charge in [0.15, 0.2) is 5.84 Å². The van der Waals surface area contributed by atoms with Crippen LogP contribution in [0.5, 0.6) is 0 Å². The summed E-state index contributed by atoms with van der Waals surface area (Å²) in [6.45, 7) is 5.87. The van der Waals surface area contributed by atoms with Crippen LogP contribution in [0.15, 0.2) is 23.4 Å². The summed E-state index contributed by atoms with van der Waals surface area (Å²) in [5.74, 6) is 0.869. The lowest BCUT2D eigenvalue weighted by atomic mass is 10.3. The molecule has 0 aliphatic carbocycles. The maximum atomic E-state index is 8.54. The van der Waals surface area contributed by atoms with Gasteiger partial charge >= 0.3 is 0 Å². The molecule has 0 aromatic carbocycles. The van der Waals surface area contributed by atoms with Crippen molar-refractivity contribution < 1.29 is 5.21 Å². The van der Waals surface area contributed by atoms with E-state index in [-0.39, 0.29) is 5.84 Å². The summed E-state index contributed by atoms with van der Waals surface area (Å²) in [7, 11) is 0.